The molecule has 1 aliphatic rings. The second-order valence-electron chi connectivity index (χ2n) is 6.98. The van der Waals surface area contributed by atoms with Gasteiger partial charge in [0.15, 0.2) is 11.6 Å². The molecule has 0 saturated carbocycles. The number of halogens is 4. The van der Waals surface area contributed by atoms with Crippen LogP contribution >= 0.6 is 0 Å². The molecule has 29 heavy (non-hydrogen) atoms. The third-order valence-corrected chi connectivity index (χ3v) is 4.61. The molecule has 1 aliphatic heterocycles. The molecule has 2 aromatic carbocycles. The molecule has 3 nitrogen and oxygen atoms in total. The number of rotatable bonds is 4. The Morgan fingerprint density at radius 2 is 1.62 bits per heavy atom. The van der Waals surface area contributed by atoms with Gasteiger partial charge in [-0.15, -0.1) is 0 Å². The molecule has 160 valence electrons. The van der Waals surface area contributed by atoms with Gasteiger partial charge in [-0.2, -0.15) is 13.2 Å². The highest BCUT2D eigenvalue weighted by Crippen LogP contribution is 2.35. The van der Waals surface area contributed by atoms with Crippen LogP contribution in [0.1, 0.15) is 30.5 Å². The lowest BCUT2D eigenvalue weighted by Crippen LogP contribution is -2.43. The fourth-order valence-corrected chi connectivity index (χ4v) is 3.05. The highest BCUT2D eigenvalue weighted by Gasteiger charge is 2.32. The van der Waals surface area contributed by atoms with Crippen molar-refractivity contribution in [3.05, 3.63) is 58.9 Å². The SMILES string of the molecule is CC.Cc1ccc(F)c(Oc2cc(CN3CCN(C)CC3)cc(C(F)(F)F)c2)c1. The molecule has 0 spiro atoms. The van der Waals surface area contributed by atoms with E-state index in [1.807, 2.05) is 20.9 Å². The Kier molecular flexibility index (Phi) is 8.05. The predicted octanol–water partition coefficient (Wildman–Crippen LogP) is 5.72. The maximum Gasteiger partial charge on any atom is 0.416 e. The fraction of sp³-hybridized carbons (Fsp3) is 0.455. The Bertz CT molecular complexity index is 800. The van der Waals surface area contributed by atoms with Gasteiger partial charge in [0.25, 0.3) is 0 Å². The first kappa shape index (κ1) is 23.2. The summed E-state index contributed by atoms with van der Waals surface area (Å²) in [6.45, 7) is 9.47. The molecule has 0 N–H and O–H groups in total. The van der Waals surface area contributed by atoms with Gasteiger partial charge in [-0.3, -0.25) is 4.90 Å². The van der Waals surface area contributed by atoms with Crippen LogP contribution in [0, 0.1) is 12.7 Å². The maximum absolute atomic E-state index is 13.9. The predicted molar refractivity (Wildman–Crippen MR) is 107 cm³/mol. The van der Waals surface area contributed by atoms with E-state index in [0.29, 0.717) is 12.1 Å². The van der Waals surface area contributed by atoms with Crippen molar-refractivity contribution < 1.29 is 22.3 Å². The number of alkyl halides is 3. The van der Waals surface area contributed by atoms with Crippen molar-refractivity contribution in [2.45, 2.75) is 33.5 Å². The molecular formula is C22H28F4N2O. The third-order valence-electron chi connectivity index (χ3n) is 4.61. The minimum Gasteiger partial charge on any atom is -0.454 e. The van der Waals surface area contributed by atoms with Crippen LogP contribution in [-0.2, 0) is 12.7 Å². The molecule has 3 rings (SSSR count). The summed E-state index contributed by atoms with van der Waals surface area (Å²) in [7, 11) is 2.02. The van der Waals surface area contributed by atoms with Crippen LogP contribution in [0.25, 0.3) is 0 Å². The van der Waals surface area contributed by atoms with Gasteiger partial charge >= 0.3 is 6.18 Å². The number of piperazine rings is 1. The van der Waals surface area contributed by atoms with E-state index >= 15 is 0 Å². The fourth-order valence-electron chi connectivity index (χ4n) is 3.05. The summed E-state index contributed by atoms with van der Waals surface area (Å²) in [4.78, 5) is 4.28. The van der Waals surface area contributed by atoms with E-state index in [0.717, 1.165) is 43.9 Å². The van der Waals surface area contributed by atoms with Gasteiger partial charge < -0.3 is 9.64 Å². The molecule has 0 aromatic heterocycles. The van der Waals surface area contributed by atoms with Gasteiger partial charge in [-0.05, 0) is 55.4 Å². The smallest absolute Gasteiger partial charge is 0.416 e. The van der Waals surface area contributed by atoms with Crippen LogP contribution < -0.4 is 4.74 Å². The van der Waals surface area contributed by atoms with E-state index in [1.54, 1.807) is 19.1 Å². The van der Waals surface area contributed by atoms with Crippen molar-refractivity contribution in [1.29, 1.82) is 0 Å². The first-order chi connectivity index (χ1) is 13.7. The van der Waals surface area contributed by atoms with Gasteiger partial charge in [0.2, 0.25) is 0 Å². The molecule has 1 saturated heterocycles. The Hall–Kier alpha value is -2.12. The van der Waals surface area contributed by atoms with Crippen molar-refractivity contribution in [2.75, 3.05) is 33.2 Å². The third kappa shape index (κ3) is 6.72. The van der Waals surface area contributed by atoms with E-state index in [2.05, 4.69) is 9.80 Å². The summed E-state index contributed by atoms with van der Waals surface area (Å²) in [6, 6.07) is 7.88. The molecule has 1 heterocycles. The molecule has 2 aromatic rings. The first-order valence-corrected chi connectivity index (χ1v) is 9.77. The summed E-state index contributed by atoms with van der Waals surface area (Å²) >= 11 is 0. The second-order valence-corrected chi connectivity index (χ2v) is 6.98. The van der Waals surface area contributed by atoms with Crippen LogP contribution in [-0.4, -0.2) is 43.0 Å². The zero-order valence-corrected chi connectivity index (χ0v) is 17.3. The molecule has 1 fully saturated rings. The van der Waals surface area contributed by atoms with Crippen molar-refractivity contribution >= 4 is 0 Å². The zero-order chi connectivity index (χ0) is 21.6. The number of aryl methyl sites for hydroxylation is 1. The number of likely N-dealkylation sites (N-methyl/N-ethyl adjacent to an activating group) is 1. The van der Waals surface area contributed by atoms with Crippen LogP contribution in [0.15, 0.2) is 36.4 Å². The van der Waals surface area contributed by atoms with E-state index in [-0.39, 0.29) is 11.5 Å². The molecule has 0 unspecified atom stereocenters. The lowest BCUT2D eigenvalue weighted by atomic mass is 10.1. The summed E-state index contributed by atoms with van der Waals surface area (Å²) in [5.74, 6) is -0.711. The van der Waals surface area contributed by atoms with Crippen molar-refractivity contribution in [2.24, 2.45) is 0 Å². The van der Waals surface area contributed by atoms with Crippen molar-refractivity contribution in [3.63, 3.8) is 0 Å². The summed E-state index contributed by atoms with van der Waals surface area (Å²) < 4.78 is 59.3. The monoisotopic (exact) mass is 412 g/mol. The molecule has 7 heteroatoms. The van der Waals surface area contributed by atoms with Gasteiger partial charge in [-0.1, -0.05) is 19.9 Å². The summed E-state index contributed by atoms with van der Waals surface area (Å²) in [6.07, 6.45) is -4.50. The Balaban J connectivity index is 0.00000145. The molecular weight excluding hydrogens is 384 g/mol. The van der Waals surface area contributed by atoms with Gasteiger partial charge in [-0.25, -0.2) is 4.39 Å². The number of hydrogen-bond acceptors (Lipinski definition) is 3. The lowest BCUT2D eigenvalue weighted by molar-refractivity contribution is -0.137. The van der Waals surface area contributed by atoms with E-state index in [9.17, 15) is 17.6 Å². The van der Waals surface area contributed by atoms with E-state index in [1.165, 1.54) is 12.1 Å². The number of nitrogens with zero attached hydrogens (tertiary/aromatic N) is 2. The van der Waals surface area contributed by atoms with Crippen LogP contribution in [0.3, 0.4) is 0 Å². The summed E-state index contributed by atoms with van der Waals surface area (Å²) in [5, 5.41) is 0. The maximum atomic E-state index is 13.9. The van der Waals surface area contributed by atoms with Crippen molar-refractivity contribution in [3.8, 4) is 11.5 Å². The largest absolute Gasteiger partial charge is 0.454 e. The highest BCUT2D eigenvalue weighted by atomic mass is 19.4. The highest BCUT2D eigenvalue weighted by molar-refractivity contribution is 5.40. The second kappa shape index (κ2) is 10.1. The van der Waals surface area contributed by atoms with Crippen LogP contribution in [0.2, 0.25) is 0 Å². The van der Waals surface area contributed by atoms with Crippen molar-refractivity contribution in [1.82, 2.24) is 9.80 Å². The average Bonchev–Trinajstić information content (AvgIpc) is 2.67. The number of hydrogen-bond donors (Lipinski definition) is 0. The van der Waals surface area contributed by atoms with Crippen LogP contribution in [0.5, 0.6) is 11.5 Å². The molecule has 0 radical (unpaired) electrons. The standard InChI is InChI=1S/C20H22F4N2O.C2H6/c1-14-3-4-18(21)19(9-14)27-17-11-15(10-16(12-17)20(22,23)24)13-26-7-5-25(2)6-8-26;1-2/h3-4,9-12H,5-8,13H2,1-2H3;1-2H3. The quantitative estimate of drug-likeness (QED) is 0.598. The van der Waals surface area contributed by atoms with E-state index < -0.39 is 17.6 Å². The van der Waals surface area contributed by atoms with Gasteiger partial charge in [0.1, 0.15) is 5.75 Å². The number of ether oxygens (including phenoxy) is 1. The topological polar surface area (TPSA) is 15.7 Å². The Morgan fingerprint density at radius 1 is 0.966 bits per heavy atom. The number of benzene rings is 2. The minimum atomic E-state index is -4.50. The van der Waals surface area contributed by atoms with Gasteiger partial charge in [0, 0.05) is 32.7 Å². The Morgan fingerprint density at radius 3 is 2.24 bits per heavy atom. The zero-order valence-electron chi connectivity index (χ0n) is 17.3. The minimum absolute atomic E-state index is 0.0153. The molecule has 0 aliphatic carbocycles. The molecule has 0 atom stereocenters. The lowest BCUT2D eigenvalue weighted by Gasteiger charge is -2.32. The summed E-state index contributed by atoms with van der Waals surface area (Å²) in [5.41, 5.74) is 0.464. The average molecular weight is 412 g/mol. The first-order valence-electron chi connectivity index (χ1n) is 9.77. The normalized spacial score (nSPS) is 15.6. The van der Waals surface area contributed by atoms with Gasteiger partial charge in [0.05, 0.1) is 5.56 Å². The van der Waals surface area contributed by atoms with Crippen LogP contribution in [0.4, 0.5) is 17.6 Å². The van der Waals surface area contributed by atoms with E-state index in [4.69, 9.17) is 4.74 Å². The Labute approximate surface area is 169 Å². The molecule has 0 bridgehead atoms. The molecule has 0 amide bonds.